The molecule has 0 amide bonds. The van der Waals surface area contributed by atoms with E-state index in [1.165, 1.54) is 0 Å². The van der Waals surface area contributed by atoms with E-state index in [2.05, 4.69) is 31.9 Å². The zero-order chi connectivity index (χ0) is 14.9. The van der Waals surface area contributed by atoms with Crippen LogP contribution < -0.4 is 4.74 Å². The maximum atomic E-state index is 12.8. The predicted molar refractivity (Wildman–Crippen MR) is 87.7 cm³/mol. The minimum Gasteiger partial charge on any atom is -0.496 e. The lowest BCUT2D eigenvalue weighted by Gasteiger charge is -2.15. The topological polar surface area (TPSA) is 26.3 Å². The Bertz CT molecular complexity index is 678. The lowest BCUT2D eigenvalue weighted by atomic mass is 9.96. The van der Waals surface area contributed by atoms with Crippen LogP contribution in [-0.2, 0) is 0 Å². The molecule has 0 spiro atoms. The third-order valence-electron chi connectivity index (χ3n) is 3.18. The number of hydrogen-bond acceptors (Lipinski definition) is 2. The third-order valence-corrected chi connectivity index (χ3v) is 4.50. The zero-order valence-electron chi connectivity index (χ0n) is 11.5. The van der Waals surface area contributed by atoms with Gasteiger partial charge >= 0.3 is 0 Å². The molecule has 0 heterocycles. The molecule has 2 aromatic carbocycles. The van der Waals surface area contributed by atoms with E-state index in [1.54, 1.807) is 7.11 Å². The van der Waals surface area contributed by atoms with E-state index in [0.717, 1.165) is 20.1 Å². The molecule has 0 aromatic heterocycles. The van der Waals surface area contributed by atoms with E-state index in [4.69, 9.17) is 4.74 Å². The van der Waals surface area contributed by atoms with Crippen molar-refractivity contribution in [2.75, 3.05) is 7.11 Å². The fourth-order valence-electron chi connectivity index (χ4n) is 2.16. The van der Waals surface area contributed by atoms with E-state index in [9.17, 15) is 4.79 Å². The molecule has 2 nitrogen and oxygen atoms in total. The second kappa shape index (κ2) is 6.10. The Morgan fingerprint density at radius 1 is 1.15 bits per heavy atom. The van der Waals surface area contributed by atoms with Crippen LogP contribution in [0.15, 0.2) is 39.3 Å². The smallest absolute Gasteiger partial charge is 0.197 e. The number of carbonyl (C=O) groups excluding carboxylic acids is 1. The summed E-state index contributed by atoms with van der Waals surface area (Å²) in [7, 11) is 1.59. The minimum atomic E-state index is -0.0370. The van der Waals surface area contributed by atoms with E-state index >= 15 is 0 Å². The second-order valence-electron chi connectivity index (χ2n) is 4.55. The van der Waals surface area contributed by atoms with Crippen molar-refractivity contribution < 1.29 is 9.53 Å². The van der Waals surface area contributed by atoms with Crippen LogP contribution in [0.2, 0.25) is 0 Å². The standard InChI is InChI=1S/C16H14Br2O2/c1-9-7-13(18)10(2)14(16(9)20-3)15(19)11-5-4-6-12(17)8-11/h4-8H,1-3H3. The van der Waals surface area contributed by atoms with Crippen LogP contribution in [0.5, 0.6) is 5.75 Å². The van der Waals surface area contributed by atoms with Gasteiger partial charge in [-0.3, -0.25) is 4.79 Å². The molecular weight excluding hydrogens is 384 g/mol. The number of ether oxygens (including phenoxy) is 1. The first kappa shape index (κ1) is 15.3. The van der Waals surface area contributed by atoms with Crippen molar-refractivity contribution in [3.63, 3.8) is 0 Å². The summed E-state index contributed by atoms with van der Waals surface area (Å²) >= 11 is 6.89. The quantitative estimate of drug-likeness (QED) is 0.676. The zero-order valence-corrected chi connectivity index (χ0v) is 14.6. The molecule has 0 aliphatic heterocycles. The maximum Gasteiger partial charge on any atom is 0.197 e. The van der Waals surface area contributed by atoms with Crippen LogP contribution in [0, 0.1) is 13.8 Å². The van der Waals surface area contributed by atoms with Crippen LogP contribution in [0.3, 0.4) is 0 Å². The van der Waals surface area contributed by atoms with E-state index in [1.807, 2.05) is 44.2 Å². The number of halogens is 2. The molecular formula is C16H14Br2O2. The third kappa shape index (κ3) is 2.81. The van der Waals surface area contributed by atoms with E-state index in [-0.39, 0.29) is 5.78 Å². The van der Waals surface area contributed by atoms with Crippen molar-refractivity contribution in [1.82, 2.24) is 0 Å². The first-order chi connectivity index (χ1) is 9.45. The van der Waals surface area contributed by atoms with Gasteiger partial charge in [0.1, 0.15) is 5.75 Å². The van der Waals surface area contributed by atoms with Crippen LogP contribution in [-0.4, -0.2) is 12.9 Å². The molecule has 0 saturated carbocycles. The van der Waals surface area contributed by atoms with E-state index in [0.29, 0.717) is 16.9 Å². The van der Waals surface area contributed by atoms with Gasteiger partial charge in [0.2, 0.25) is 0 Å². The van der Waals surface area contributed by atoms with Crippen LogP contribution in [0.25, 0.3) is 0 Å². The Balaban J connectivity index is 2.65. The largest absolute Gasteiger partial charge is 0.496 e. The van der Waals surface area contributed by atoms with Crippen molar-refractivity contribution in [2.45, 2.75) is 13.8 Å². The van der Waals surface area contributed by atoms with Gasteiger partial charge in [0.15, 0.2) is 5.78 Å². The Morgan fingerprint density at radius 2 is 1.85 bits per heavy atom. The van der Waals surface area contributed by atoms with Crippen LogP contribution >= 0.6 is 31.9 Å². The lowest BCUT2D eigenvalue weighted by Crippen LogP contribution is -2.08. The number of aryl methyl sites for hydroxylation is 1. The maximum absolute atomic E-state index is 12.8. The van der Waals surface area contributed by atoms with Gasteiger partial charge in [-0.1, -0.05) is 44.0 Å². The number of rotatable bonds is 3. The van der Waals surface area contributed by atoms with Gasteiger partial charge in [-0.2, -0.15) is 0 Å². The van der Waals surface area contributed by atoms with Gasteiger partial charge in [0.25, 0.3) is 0 Å². The van der Waals surface area contributed by atoms with Crippen molar-refractivity contribution in [3.05, 3.63) is 61.5 Å². The van der Waals surface area contributed by atoms with Crippen LogP contribution in [0.4, 0.5) is 0 Å². The van der Waals surface area contributed by atoms with Crippen molar-refractivity contribution >= 4 is 37.6 Å². The molecule has 0 saturated heterocycles. The highest BCUT2D eigenvalue weighted by atomic mass is 79.9. The van der Waals surface area contributed by atoms with Gasteiger partial charge in [0, 0.05) is 14.5 Å². The number of hydrogen-bond donors (Lipinski definition) is 0. The molecule has 0 unspecified atom stereocenters. The number of benzene rings is 2. The molecule has 0 bridgehead atoms. The lowest BCUT2D eigenvalue weighted by molar-refractivity contribution is 0.103. The molecule has 0 N–H and O–H groups in total. The van der Waals surface area contributed by atoms with Crippen molar-refractivity contribution in [2.24, 2.45) is 0 Å². The summed E-state index contributed by atoms with van der Waals surface area (Å²) in [5, 5.41) is 0. The summed E-state index contributed by atoms with van der Waals surface area (Å²) in [4.78, 5) is 12.8. The molecule has 2 rings (SSSR count). The summed E-state index contributed by atoms with van der Waals surface area (Å²) in [6, 6.07) is 9.34. The van der Waals surface area contributed by atoms with Crippen LogP contribution in [0.1, 0.15) is 27.0 Å². The van der Waals surface area contributed by atoms with Crippen molar-refractivity contribution in [1.29, 1.82) is 0 Å². The summed E-state index contributed by atoms with van der Waals surface area (Å²) < 4.78 is 7.22. The highest BCUT2D eigenvalue weighted by Gasteiger charge is 2.21. The summed E-state index contributed by atoms with van der Waals surface area (Å²) in [5.74, 6) is 0.598. The number of carbonyl (C=O) groups is 1. The highest BCUT2D eigenvalue weighted by molar-refractivity contribution is 9.10. The molecule has 0 aliphatic carbocycles. The Morgan fingerprint density at radius 3 is 2.45 bits per heavy atom. The minimum absolute atomic E-state index is 0.0370. The molecule has 104 valence electrons. The molecule has 2 aromatic rings. The fourth-order valence-corrected chi connectivity index (χ4v) is 3.10. The van der Waals surface area contributed by atoms with Gasteiger partial charge in [-0.05, 0) is 43.2 Å². The second-order valence-corrected chi connectivity index (χ2v) is 6.32. The molecule has 0 atom stereocenters. The molecule has 0 radical (unpaired) electrons. The molecule has 4 heteroatoms. The number of methoxy groups -OCH3 is 1. The Hall–Kier alpha value is -1.13. The van der Waals surface area contributed by atoms with Crippen molar-refractivity contribution in [3.8, 4) is 5.75 Å². The Labute approximate surface area is 135 Å². The summed E-state index contributed by atoms with van der Waals surface area (Å²) in [6.07, 6.45) is 0. The number of ketones is 1. The SMILES string of the molecule is COc1c(C)cc(Br)c(C)c1C(=O)c1cccc(Br)c1. The van der Waals surface area contributed by atoms with E-state index < -0.39 is 0 Å². The van der Waals surface area contributed by atoms with Gasteiger partial charge in [-0.25, -0.2) is 0 Å². The summed E-state index contributed by atoms with van der Waals surface area (Å²) in [6.45, 7) is 3.85. The Kier molecular flexibility index (Phi) is 4.66. The summed E-state index contributed by atoms with van der Waals surface area (Å²) in [5.41, 5.74) is 3.07. The molecule has 0 fully saturated rings. The first-order valence-electron chi connectivity index (χ1n) is 6.09. The van der Waals surface area contributed by atoms with Gasteiger partial charge in [0.05, 0.1) is 12.7 Å². The molecule has 20 heavy (non-hydrogen) atoms. The average molecular weight is 398 g/mol. The van der Waals surface area contributed by atoms with Gasteiger partial charge in [-0.15, -0.1) is 0 Å². The first-order valence-corrected chi connectivity index (χ1v) is 7.68. The normalized spacial score (nSPS) is 10.4. The average Bonchev–Trinajstić information content (AvgIpc) is 2.41. The monoisotopic (exact) mass is 396 g/mol. The fraction of sp³-hybridized carbons (Fsp3) is 0.188. The predicted octanol–water partition coefficient (Wildman–Crippen LogP) is 5.07. The van der Waals surface area contributed by atoms with Gasteiger partial charge < -0.3 is 4.74 Å². The highest BCUT2D eigenvalue weighted by Crippen LogP contribution is 2.34. The molecule has 0 aliphatic rings.